The predicted octanol–water partition coefficient (Wildman–Crippen LogP) is 2.93. The van der Waals surface area contributed by atoms with Gasteiger partial charge >= 0.3 is 17.9 Å². The summed E-state index contributed by atoms with van der Waals surface area (Å²) in [5, 5.41) is 9.73. The molecular formula is C21H24FNO6. The summed E-state index contributed by atoms with van der Waals surface area (Å²) < 4.78 is 24.8. The molecule has 0 atom stereocenters. The first-order chi connectivity index (χ1) is 13.8. The SMILES string of the molecule is CCOC(=O)Cc1c(C(=O)OCC)c(CCc2cccc(F)c2)c(C(=O)O)n1C. The van der Waals surface area contributed by atoms with Gasteiger partial charge in [0.2, 0.25) is 0 Å². The summed E-state index contributed by atoms with van der Waals surface area (Å²) in [6, 6.07) is 5.95. The standard InChI is InChI=1S/C21H24FNO6/c1-4-28-17(24)12-16-18(21(27)29-5-2)15(19(20(25)26)23(16)3)10-9-13-7-6-8-14(22)11-13/h6-8,11H,4-5,9-10,12H2,1-3H3,(H,25,26). The molecule has 0 fully saturated rings. The zero-order chi connectivity index (χ0) is 21.6. The average molecular weight is 405 g/mol. The van der Waals surface area contributed by atoms with Crippen LogP contribution in [0.15, 0.2) is 24.3 Å². The van der Waals surface area contributed by atoms with Crippen LogP contribution in [0.1, 0.15) is 51.5 Å². The van der Waals surface area contributed by atoms with Gasteiger partial charge in [-0.2, -0.15) is 0 Å². The Morgan fingerprint density at radius 3 is 2.38 bits per heavy atom. The Balaban J connectivity index is 2.53. The number of carboxylic acids is 1. The van der Waals surface area contributed by atoms with Gasteiger partial charge in [0, 0.05) is 12.7 Å². The van der Waals surface area contributed by atoms with Gasteiger partial charge in [-0.1, -0.05) is 12.1 Å². The number of benzene rings is 1. The number of halogens is 1. The van der Waals surface area contributed by atoms with Crippen molar-refractivity contribution in [2.24, 2.45) is 7.05 Å². The fourth-order valence-corrected chi connectivity index (χ4v) is 3.28. The smallest absolute Gasteiger partial charge is 0.352 e. The van der Waals surface area contributed by atoms with E-state index in [-0.39, 0.29) is 48.6 Å². The first kappa shape index (κ1) is 22.1. The van der Waals surface area contributed by atoms with Gasteiger partial charge in [0.1, 0.15) is 11.5 Å². The summed E-state index contributed by atoms with van der Waals surface area (Å²) in [7, 11) is 1.48. The highest BCUT2D eigenvalue weighted by Crippen LogP contribution is 2.26. The summed E-state index contributed by atoms with van der Waals surface area (Å²) in [5.41, 5.74) is 1.07. The molecule has 29 heavy (non-hydrogen) atoms. The number of aryl methyl sites for hydroxylation is 1. The molecular weight excluding hydrogens is 381 g/mol. The van der Waals surface area contributed by atoms with Crippen molar-refractivity contribution in [3.63, 3.8) is 0 Å². The molecule has 2 aromatic rings. The Hall–Kier alpha value is -3.16. The first-order valence-electron chi connectivity index (χ1n) is 9.30. The van der Waals surface area contributed by atoms with Crippen LogP contribution in [0.25, 0.3) is 0 Å². The zero-order valence-electron chi connectivity index (χ0n) is 16.7. The second-order valence-electron chi connectivity index (χ2n) is 6.35. The van der Waals surface area contributed by atoms with Gasteiger partial charge in [0.05, 0.1) is 25.2 Å². The van der Waals surface area contributed by atoms with E-state index in [1.165, 1.54) is 23.7 Å². The van der Waals surface area contributed by atoms with Crippen molar-refractivity contribution in [2.75, 3.05) is 13.2 Å². The molecule has 8 heteroatoms. The Morgan fingerprint density at radius 1 is 1.10 bits per heavy atom. The van der Waals surface area contributed by atoms with E-state index >= 15 is 0 Å². The number of carbonyl (C=O) groups excluding carboxylic acids is 2. The third-order valence-corrected chi connectivity index (χ3v) is 4.47. The van der Waals surface area contributed by atoms with Crippen molar-refractivity contribution in [1.29, 1.82) is 0 Å². The van der Waals surface area contributed by atoms with Crippen LogP contribution >= 0.6 is 0 Å². The number of ether oxygens (including phenoxy) is 2. The van der Waals surface area contributed by atoms with Gasteiger partial charge in [-0.3, -0.25) is 4.79 Å². The molecule has 1 heterocycles. The largest absolute Gasteiger partial charge is 0.477 e. The maximum atomic E-state index is 13.5. The van der Waals surface area contributed by atoms with Crippen molar-refractivity contribution in [3.05, 3.63) is 58.2 Å². The quantitative estimate of drug-likeness (QED) is 0.645. The lowest BCUT2D eigenvalue weighted by atomic mass is 9.99. The molecule has 7 nitrogen and oxygen atoms in total. The average Bonchev–Trinajstić information content (AvgIpc) is 2.92. The number of esters is 2. The van der Waals surface area contributed by atoms with Crippen molar-refractivity contribution >= 4 is 17.9 Å². The van der Waals surface area contributed by atoms with E-state index in [9.17, 15) is 23.9 Å². The van der Waals surface area contributed by atoms with Crippen LogP contribution in [0, 0.1) is 5.82 Å². The predicted molar refractivity (Wildman–Crippen MR) is 102 cm³/mol. The lowest BCUT2D eigenvalue weighted by Crippen LogP contribution is -2.16. The normalized spacial score (nSPS) is 10.6. The number of carbonyl (C=O) groups is 3. The van der Waals surface area contributed by atoms with E-state index in [1.54, 1.807) is 26.0 Å². The number of hydrogen-bond donors (Lipinski definition) is 1. The van der Waals surface area contributed by atoms with Gasteiger partial charge < -0.3 is 19.1 Å². The molecule has 0 radical (unpaired) electrons. The summed E-state index contributed by atoms with van der Waals surface area (Å²) in [5.74, 6) is -2.92. The van der Waals surface area contributed by atoms with Crippen molar-refractivity contribution in [2.45, 2.75) is 33.1 Å². The fourth-order valence-electron chi connectivity index (χ4n) is 3.28. The summed E-state index contributed by atoms with van der Waals surface area (Å²) >= 11 is 0. The zero-order valence-corrected chi connectivity index (χ0v) is 16.7. The van der Waals surface area contributed by atoms with Crippen molar-refractivity contribution < 1.29 is 33.4 Å². The molecule has 0 saturated heterocycles. The minimum Gasteiger partial charge on any atom is -0.477 e. The minimum absolute atomic E-state index is 0.0520. The van der Waals surface area contributed by atoms with Gasteiger partial charge in [0.25, 0.3) is 0 Å². The van der Waals surface area contributed by atoms with Crippen molar-refractivity contribution in [3.8, 4) is 0 Å². The van der Waals surface area contributed by atoms with Crippen LogP contribution in [-0.2, 0) is 40.6 Å². The number of aromatic nitrogens is 1. The molecule has 0 amide bonds. The highest BCUT2D eigenvalue weighted by atomic mass is 19.1. The molecule has 1 N–H and O–H groups in total. The maximum Gasteiger partial charge on any atom is 0.352 e. The van der Waals surface area contributed by atoms with E-state index in [4.69, 9.17) is 9.47 Å². The molecule has 0 aliphatic carbocycles. The van der Waals surface area contributed by atoms with Gasteiger partial charge in [-0.15, -0.1) is 0 Å². The molecule has 0 aliphatic heterocycles. The van der Waals surface area contributed by atoms with E-state index in [1.807, 2.05) is 0 Å². The molecule has 2 rings (SSSR count). The van der Waals surface area contributed by atoms with Gasteiger partial charge in [-0.25, -0.2) is 14.0 Å². The van der Waals surface area contributed by atoms with E-state index in [0.29, 0.717) is 12.0 Å². The molecule has 0 bridgehead atoms. The topological polar surface area (TPSA) is 94.8 Å². The van der Waals surface area contributed by atoms with Crippen LogP contribution in [0.4, 0.5) is 4.39 Å². The highest BCUT2D eigenvalue weighted by molar-refractivity contribution is 5.99. The Bertz CT molecular complexity index is 918. The summed E-state index contributed by atoms with van der Waals surface area (Å²) in [6.45, 7) is 3.55. The lowest BCUT2D eigenvalue weighted by Gasteiger charge is -2.08. The summed E-state index contributed by atoms with van der Waals surface area (Å²) in [4.78, 5) is 36.6. The van der Waals surface area contributed by atoms with E-state index < -0.39 is 23.7 Å². The maximum absolute atomic E-state index is 13.5. The van der Waals surface area contributed by atoms with Gasteiger partial charge in [-0.05, 0) is 49.9 Å². The van der Waals surface area contributed by atoms with Crippen molar-refractivity contribution in [1.82, 2.24) is 4.57 Å². The molecule has 0 saturated carbocycles. The Labute approximate surface area is 168 Å². The highest BCUT2D eigenvalue weighted by Gasteiger charge is 2.30. The molecule has 0 unspecified atom stereocenters. The Morgan fingerprint density at radius 2 is 1.79 bits per heavy atom. The van der Waals surface area contributed by atoms with Crippen LogP contribution in [0.3, 0.4) is 0 Å². The monoisotopic (exact) mass is 405 g/mol. The number of nitrogens with zero attached hydrogens (tertiary/aromatic N) is 1. The fraction of sp³-hybridized carbons (Fsp3) is 0.381. The number of hydrogen-bond acceptors (Lipinski definition) is 5. The van der Waals surface area contributed by atoms with Crippen LogP contribution in [0.5, 0.6) is 0 Å². The second-order valence-corrected chi connectivity index (χ2v) is 6.35. The van der Waals surface area contributed by atoms with Crippen LogP contribution in [-0.4, -0.2) is 40.8 Å². The molecule has 0 aliphatic rings. The summed E-state index contributed by atoms with van der Waals surface area (Å²) in [6.07, 6.45) is 0.210. The van der Waals surface area contributed by atoms with Crippen LogP contribution < -0.4 is 0 Å². The third kappa shape index (κ3) is 5.22. The minimum atomic E-state index is -1.23. The molecule has 0 spiro atoms. The Kier molecular flexibility index (Phi) is 7.52. The molecule has 1 aromatic carbocycles. The number of rotatable bonds is 9. The second kappa shape index (κ2) is 9.86. The third-order valence-electron chi connectivity index (χ3n) is 4.47. The molecule has 156 valence electrons. The van der Waals surface area contributed by atoms with Crippen LogP contribution in [0.2, 0.25) is 0 Å². The van der Waals surface area contributed by atoms with Gasteiger partial charge in [0.15, 0.2) is 0 Å². The number of aromatic carboxylic acids is 1. The molecule has 1 aromatic heterocycles. The van der Waals surface area contributed by atoms with E-state index in [2.05, 4.69) is 0 Å². The number of carboxylic acid groups (broad SMARTS) is 1. The van der Waals surface area contributed by atoms with E-state index in [0.717, 1.165) is 0 Å². The lowest BCUT2D eigenvalue weighted by molar-refractivity contribution is -0.142. The first-order valence-corrected chi connectivity index (χ1v) is 9.30.